The Balaban J connectivity index is 1.63. The van der Waals surface area contributed by atoms with Gasteiger partial charge in [-0.15, -0.1) is 0 Å². The Morgan fingerprint density at radius 2 is 1.55 bits per heavy atom. The molecular weight excluding hydrogens is 433 g/mol. The number of nitrogens with zero attached hydrogens (tertiary/aromatic N) is 3. The first-order valence-corrected chi connectivity index (χ1v) is 10.4. The third-order valence-corrected chi connectivity index (χ3v) is 4.77. The Labute approximate surface area is 190 Å². The fraction of sp³-hybridized carbons (Fsp3) is 0.261. The predicted molar refractivity (Wildman–Crippen MR) is 124 cm³/mol. The van der Waals surface area contributed by atoms with Gasteiger partial charge in [0.15, 0.2) is 0 Å². The molecule has 2 aromatic carbocycles. The molecule has 2 amide bonds. The summed E-state index contributed by atoms with van der Waals surface area (Å²) in [5.41, 5.74) is 1.23. The van der Waals surface area contributed by atoms with Crippen LogP contribution in [-0.4, -0.2) is 29.1 Å². The number of aryl methyl sites for hydroxylation is 1. The van der Waals surface area contributed by atoms with Gasteiger partial charge in [-0.25, -0.2) is 9.78 Å². The molecule has 174 valence electrons. The summed E-state index contributed by atoms with van der Waals surface area (Å²) in [7, 11) is 0. The first-order chi connectivity index (χ1) is 15.7. The summed E-state index contributed by atoms with van der Waals surface area (Å²) >= 11 is 0. The van der Waals surface area contributed by atoms with Gasteiger partial charge in [-0.3, -0.25) is 0 Å². The van der Waals surface area contributed by atoms with Gasteiger partial charge in [0.1, 0.15) is 5.82 Å². The number of aromatic nitrogens is 2. The lowest BCUT2D eigenvalue weighted by Crippen LogP contribution is -2.23. The maximum atomic E-state index is 12.8. The van der Waals surface area contributed by atoms with Crippen molar-refractivity contribution in [2.75, 3.05) is 33.9 Å². The monoisotopic (exact) mass is 458 g/mol. The van der Waals surface area contributed by atoms with Crippen molar-refractivity contribution < 1.29 is 18.0 Å². The van der Waals surface area contributed by atoms with Gasteiger partial charge < -0.3 is 20.9 Å². The highest BCUT2D eigenvalue weighted by Crippen LogP contribution is 2.30. The van der Waals surface area contributed by atoms with Crippen molar-refractivity contribution in [3.05, 3.63) is 65.9 Å². The number of benzene rings is 2. The molecule has 10 heteroatoms. The third-order valence-electron chi connectivity index (χ3n) is 4.77. The number of hydrogen-bond acceptors (Lipinski definition) is 5. The van der Waals surface area contributed by atoms with E-state index < -0.39 is 17.8 Å². The average Bonchev–Trinajstić information content (AvgIpc) is 2.75. The smallest absolute Gasteiger partial charge is 0.357 e. The van der Waals surface area contributed by atoms with Crippen molar-refractivity contribution in [1.29, 1.82) is 0 Å². The topological polar surface area (TPSA) is 82.2 Å². The summed E-state index contributed by atoms with van der Waals surface area (Å²) in [6.45, 7) is 7.67. The zero-order valence-electron chi connectivity index (χ0n) is 18.5. The summed E-state index contributed by atoms with van der Waals surface area (Å²) in [6.07, 6.45) is -4.48. The van der Waals surface area contributed by atoms with Crippen LogP contribution in [0.3, 0.4) is 0 Å². The zero-order valence-corrected chi connectivity index (χ0v) is 18.5. The Morgan fingerprint density at radius 3 is 2.18 bits per heavy atom. The van der Waals surface area contributed by atoms with Crippen molar-refractivity contribution in [2.45, 2.75) is 26.9 Å². The molecule has 1 aromatic heterocycles. The number of carbonyl (C=O) groups is 1. The molecule has 0 spiro atoms. The third kappa shape index (κ3) is 6.58. The minimum Gasteiger partial charge on any atom is -0.357 e. The highest BCUT2D eigenvalue weighted by molar-refractivity contribution is 5.99. The largest absolute Gasteiger partial charge is 0.416 e. The molecule has 3 N–H and O–H groups in total. The lowest BCUT2D eigenvalue weighted by atomic mass is 10.2. The minimum absolute atomic E-state index is 0.0428. The highest BCUT2D eigenvalue weighted by Gasteiger charge is 2.30. The van der Waals surface area contributed by atoms with Crippen LogP contribution in [0.25, 0.3) is 0 Å². The Kier molecular flexibility index (Phi) is 7.37. The van der Waals surface area contributed by atoms with E-state index in [1.165, 1.54) is 12.1 Å². The van der Waals surface area contributed by atoms with Crippen LogP contribution < -0.4 is 20.9 Å². The molecule has 0 atom stereocenters. The summed E-state index contributed by atoms with van der Waals surface area (Å²) in [6, 6.07) is 12.5. The van der Waals surface area contributed by atoms with Crippen LogP contribution in [0.15, 0.2) is 54.6 Å². The van der Waals surface area contributed by atoms with Crippen molar-refractivity contribution in [1.82, 2.24) is 9.97 Å². The van der Waals surface area contributed by atoms with Crippen LogP contribution >= 0.6 is 0 Å². The number of halogens is 3. The van der Waals surface area contributed by atoms with E-state index in [0.717, 1.165) is 42.4 Å². The molecule has 0 aliphatic rings. The minimum atomic E-state index is -4.48. The number of hydrogen-bond donors (Lipinski definition) is 3. The molecular formula is C23H25F3N6O. The first-order valence-electron chi connectivity index (χ1n) is 10.4. The number of urea groups is 1. The molecule has 33 heavy (non-hydrogen) atoms. The van der Waals surface area contributed by atoms with Gasteiger partial charge in [0.05, 0.1) is 5.56 Å². The Bertz CT molecular complexity index is 1100. The van der Waals surface area contributed by atoms with Crippen LogP contribution in [0.2, 0.25) is 0 Å². The van der Waals surface area contributed by atoms with E-state index in [1.54, 1.807) is 24.3 Å². The second-order valence-electron chi connectivity index (χ2n) is 7.22. The maximum absolute atomic E-state index is 12.8. The molecule has 0 aliphatic carbocycles. The summed E-state index contributed by atoms with van der Waals surface area (Å²) in [4.78, 5) is 23.3. The number of carbonyl (C=O) groups excluding carboxylic acids is 1. The predicted octanol–water partition coefficient (Wildman–Crippen LogP) is 6.04. The molecule has 0 aliphatic heterocycles. The molecule has 1 heterocycles. The van der Waals surface area contributed by atoms with Gasteiger partial charge in [-0.05, 0) is 63.2 Å². The normalized spacial score (nSPS) is 11.1. The van der Waals surface area contributed by atoms with Gasteiger partial charge in [0.2, 0.25) is 5.95 Å². The van der Waals surface area contributed by atoms with E-state index in [2.05, 4.69) is 44.7 Å². The van der Waals surface area contributed by atoms with E-state index in [1.807, 2.05) is 13.0 Å². The van der Waals surface area contributed by atoms with Gasteiger partial charge in [-0.1, -0.05) is 6.07 Å². The number of anilines is 5. The number of alkyl halides is 3. The molecule has 0 saturated carbocycles. The fourth-order valence-corrected chi connectivity index (χ4v) is 3.15. The van der Waals surface area contributed by atoms with E-state index >= 15 is 0 Å². The van der Waals surface area contributed by atoms with Gasteiger partial charge in [0.25, 0.3) is 0 Å². The summed E-state index contributed by atoms with van der Waals surface area (Å²) in [5, 5.41) is 8.14. The van der Waals surface area contributed by atoms with Gasteiger partial charge in [-0.2, -0.15) is 18.2 Å². The molecule has 0 radical (unpaired) electrons. The lowest BCUT2D eigenvalue weighted by Gasteiger charge is -2.20. The molecule has 0 fully saturated rings. The van der Waals surface area contributed by atoms with Crippen LogP contribution in [0.5, 0.6) is 0 Å². The Morgan fingerprint density at radius 1 is 0.909 bits per heavy atom. The van der Waals surface area contributed by atoms with E-state index in [9.17, 15) is 18.0 Å². The lowest BCUT2D eigenvalue weighted by molar-refractivity contribution is -0.137. The molecule has 0 unspecified atom stereocenters. The molecule has 0 saturated heterocycles. The Hall–Kier alpha value is -3.82. The number of nitrogens with one attached hydrogen (secondary N) is 3. The average molecular weight is 458 g/mol. The molecule has 0 bridgehead atoms. The second kappa shape index (κ2) is 10.2. The van der Waals surface area contributed by atoms with E-state index in [4.69, 9.17) is 0 Å². The van der Waals surface area contributed by atoms with E-state index in [-0.39, 0.29) is 5.69 Å². The standard InChI is InChI=1S/C23H25F3N6O/c1-4-32(5-2)20-13-15(3)27-21(31-20)28-17-9-11-18(12-10-17)29-22(33)30-19-8-6-7-16(14-19)23(24,25)26/h6-14H,4-5H2,1-3H3,(H,27,28,31)(H2,29,30,33). The quantitative estimate of drug-likeness (QED) is 0.402. The number of rotatable bonds is 7. The van der Waals surface area contributed by atoms with Crippen molar-refractivity contribution >= 4 is 34.9 Å². The van der Waals surface area contributed by atoms with Gasteiger partial charge in [0, 0.05) is 41.9 Å². The van der Waals surface area contributed by atoms with Crippen LogP contribution in [0.1, 0.15) is 25.1 Å². The summed E-state index contributed by atoms with van der Waals surface area (Å²) < 4.78 is 38.5. The first kappa shape index (κ1) is 23.8. The van der Waals surface area contributed by atoms with Crippen molar-refractivity contribution in [3.8, 4) is 0 Å². The van der Waals surface area contributed by atoms with Crippen LogP contribution in [-0.2, 0) is 6.18 Å². The maximum Gasteiger partial charge on any atom is 0.416 e. The van der Waals surface area contributed by atoms with Crippen molar-refractivity contribution in [2.24, 2.45) is 0 Å². The van der Waals surface area contributed by atoms with Crippen LogP contribution in [0.4, 0.5) is 46.8 Å². The summed E-state index contributed by atoms with van der Waals surface area (Å²) in [5.74, 6) is 1.29. The number of amides is 2. The SMILES string of the molecule is CCN(CC)c1cc(C)nc(Nc2ccc(NC(=O)Nc3cccc(C(F)(F)F)c3)cc2)n1. The van der Waals surface area contributed by atoms with E-state index in [0.29, 0.717) is 11.6 Å². The molecule has 3 rings (SSSR count). The van der Waals surface area contributed by atoms with Crippen molar-refractivity contribution in [3.63, 3.8) is 0 Å². The fourth-order valence-electron chi connectivity index (χ4n) is 3.15. The second-order valence-corrected chi connectivity index (χ2v) is 7.22. The highest BCUT2D eigenvalue weighted by atomic mass is 19.4. The zero-order chi connectivity index (χ0) is 24.0. The van der Waals surface area contributed by atoms with Gasteiger partial charge >= 0.3 is 12.2 Å². The van der Waals surface area contributed by atoms with Crippen LogP contribution in [0, 0.1) is 6.92 Å². The molecule has 7 nitrogen and oxygen atoms in total. The molecule has 3 aromatic rings.